The number of esters is 1. The maximum Gasteiger partial charge on any atom is 0.347 e. The monoisotopic (exact) mass is 380 g/mol. The molecule has 6 heteroatoms. The molecule has 146 valence electrons. The van der Waals surface area contributed by atoms with Crippen LogP contribution in [0.15, 0.2) is 48.5 Å². The van der Waals surface area contributed by atoms with Gasteiger partial charge < -0.3 is 14.8 Å². The molecule has 0 fully saturated rings. The number of carbonyl (C=O) groups is 2. The van der Waals surface area contributed by atoms with Crippen molar-refractivity contribution in [3.8, 4) is 11.8 Å². The van der Waals surface area contributed by atoms with E-state index in [0.717, 1.165) is 17.7 Å². The summed E-state index contributed by atoms with van der Waals surface area (Å²) in [6.07, 6.45) is 0.0691. The van der Waals surface area contributed by atoms with E-state index < -0.39 is 24.6 Å². The van der Waals surface area contributed by atoms with Gasteiger partial charge >= 0.3 is 5.97 Å². The molecular formula is C22H24N2O4. The number of rotatable bonds is 8. The normalized spacial score (nSPS) is 12.4. The second-order valence-corrected chi connectivity index (χ2v) is 6.45. The van der Waals surface area contributed by atoms with Gasteiger partial charge in [0.2, 0.25) is 0 Å². The van der Waals surface area contributed by atoms with Crippen LogP contribution < -0.4 is 10.1 Å². The molecule has 1 amide bonds. The lowest BCUT2D eigenvalue weighted by molar-refractivity contribution is -0.153. The number of nitriles is 1. The van der Waals surface area contributed by atoms with Crippen LogP contribution in [0.2, 0.25) is 0 Å². The third kappa shape index (κ3) is 5.85. The molecule has 2 rings (SSSR count). The second kappa shape index (κ2) is 10.1. The average Bonchev–Trinajstić information content (AvgIpc) is 2.72. The summed E-state index contributed by atoms with van der Waals surface area (Å²) in [5.41, 5.74) is 2.26. The van der Waals surface area contributed by atoms with Gasteiger partial charge in [0, 0.05) is 5.69 Å². The number of ether oxygens (including phenoxy) is 2. The van der Waals surface area contributed by atoms with E-state index in [1.54, 1.807) is 24.3 Å². The molecule has 0 aromatic heterocycles. The Kier molecular flexibility index (Phi) is 7.58. The van der Waals surface area contributed by atoms with Gasteiger partial charge in [-0.15, -0.1) is 0 Å². The van der Waals surface area contributed by atoms with Crippen molar-refractivity contribution in [1.29, 1.82) is 5.26 Å². The molecule has 28 heavy (non-hydrogen) atoms. The van der Waals surface area contributed by atoms with E-state index in [4.69, 9.17) is 14.7 Å². The Hall–Kier alpha value is -3.33. The van der Waals surface area contributed by atoms with Crippen molar-refractivity contribution in [2.75, 3.05) is 11.9 Å². The second-order valence-electron chi connectivity index (χ2n) is 6.45. The number of benzene rings is 2. The zero-order valence-corrected chi connectivity index (χ0v) is 16.3. The van der Waals surface area contributed by atoms with Crippen molar-refractivity contribution < 1.29 is 19.1 Å². The van der Waals surface area contributed by atoms with E-state index in [0.29, 0.717) is 17.2 Å². The first kappa shape index (κ1) is 21.0. The largest absolute Gasteiger partial charge is 0.479 e. The summed E-state index contributed by atoms with van der Waals surface area (Å²) in [7, 11) is 0. The van der Waals surface area contributed by atoms with Crippen LogP contribution in [0.1, 0.15) is 44.2 Å². The van der Waals surface area contributed by atoms with Gasteiger partial charge in [-0.05, 0) is 55.2 Å². The molecule has 0 saturated heterocycles. The number of hydrogen-bond acceptors (Lipinski definition) is 5. The number of hydrogen-bond donors (Lipinski definition) is 1. The van der Waals surface area contributed by atoms with E-state index >= 15 is 0 Å². The summed E-state index contributed by atoms with van der Waals surface area (Å²) in [5.74, 6) is -0.306. The molecule has 0 aliphatic heterocycles. The highest BCUT2D eigenvalue weighted by Crippen LogP contribution is 2.26. The van der Waals surface area contributed by atoms with E-state index in [-0.39, 0.29) is 0 Å². The quantitative estimate of drug-likeness (QED) is 0.699. The van der Waals surface area contributed by atoms with Crippen LogP contribution in [-0.4, -0.2) is 24.6 Å². The third-order valence-electron chi connectivity index (χ3n) is 4.35. The molecule has 0 saturated carbocycles. The number of carbonyl (C=O) groups excluding carboxylic acids is 2. The van der Waals surface area contributed by atoms with E-state index in [2.05, 4.69) is 19.2 Å². The number of anilines is 1. The van der Waals surface area contributed by atoms with Crippen molar-refractivity contribution >= 4 is 17.6 Å². The Morgan fingerprint density at radius 3 is 2.43 bits per heavy atom. The summed E-state index contributed by atoms with van der Waals surface area (Å²) >= 11 is 0. The number of para-hydroxylation sites is 1. The molecule has 0 aliphatic carbocycles. The summed E-state index contributed by atoms with van der Waals surface area (Å²) < 4.78 is 10.5. The lowest BCUT2D eigenvalue weighted by atomic mass is 9.97. The molecule has 2 atom stereocenters. The van der Waals surface area contributed by atoms with Gasteiger partial charge in [-0.1, -0.05) is 32.0 Å². The number of nitrogens with one attached hydrogen (secondary N) is 1. The zero-order valence-electron chi connectivity index (χ0n) is 16.3. The lowest BCUT2D eigenvalue weighted by Crippen LogP contribution is -2.30. The maximum absolute atomic E-state index is 12.2. The first-order valence-corrected chi connectivity index (χ1v) is 9.16. The van der Waals surface area contributed by atoms with Crippen LogP contribution in [0.3, 0.4) is 0 Å². The zero-order chi connectivity index (χ0) is 20.5. The fourth-order valence-corrected chi connectivity index (χ4v) is 2.56. The Balaban J connectivity index is 1.86. The predicted octanol–water partition coefficient (Wildman–Crippen LogP) is 4.02. The predicted molar refractivity (Wildman–Crippen MR) is 106 cm³/mol. The minimum atomic E-state index is -0.881. The molecule has 0 unspecified atom stereocenters. The van der Waals surface area contributed by atoms with Gasteiger partial charge in [0.05, 0.1) is 11.6 Å². The topological polar surface area (TPSA) is 88.4 Å². The third-order valence-corrected chi connectivity index (χ3v) is 4.35. The standard InChI is InChI=1S/C22H24N2O4/c1-4-15(2)19-7-5-6-8-20(19)24-21(25)14-27-22(26)16(3)28-18-11-9-17(13-23)10-12-18/h5-12,15-16H,4,14H2,1-3H3,(H,24,25)/t15-,16-/m0/s1. The number of amides is 1. The maximum atomic E-state index is 12.2. The smallest absolute Gasteiger partial charge is 0.347 e. The first-order chi connectivity index (χ1) is 13.4. The van der Waals surface area contributed by atoms with Crippen LogP contribution in [-0.2, 0) is 14.3 Å². The SMILES string of the molecule is CC[C@H](C)c1ccccc1NC(=O)COC(=O)[C@H](C)Oc1ccc(C#N)cc1. The highest BCUT2D eigenvalue weighted by atomic mass is 16.6. The summed E-state index contributed by atoms with van der Waals surface area (Å²) in [5, 5.41) is 11.6. The van der Waals surface area contributed by atoms with Gasteiger partial charge in [-0.2, -0.15) is 5.26 Å². The molecule has 1 N–H and O–H groups in total. The van der Waals surface area contributed by atoms with Crippen LogP contribution in [0.25, 0.3) is 0 Å². The molecule has 0 bridgehead atoms. The summed E-state index contributed by atoms with van der Waals surface area (Å²) in [4.78, 5) is 24.2. The van der Waals surface area contributed by atoms with Crippen molar-refractivity contribution in [3.63, 3.8) is 0 Å². The summed E-state index contributed by atoms with van der Waals surface area (Å²) in [6.45, 7) is 5.32. The molecular weight excluding hydrogens is 356 g/mol. The fraction of sp³-hybridized carbons (Fsp3) is 0.318. The van der Waals surface area contributed by atoms with Crippen LogP contribution >= 0.6 is 0 Å². The molecule has 2 aromatic carbocycles. The van der Waals surface area contributed by atoms with E-state index in [1.807, 2.05) is 30.3 Å². The molecule has 0 radical (unpaired) electrons. The van der Waals surface area contributed by atoms with Crippen molar-refractivity contribution in [1.82, 2.24) is 0 Å². The van der Waals surface area contributed by atoms with Crippen molar-refractivity contribution in [3.05, 3.63) is 59.7 Å². The number of nitrogens with zero attached hydrogens (tertiary/aromatic N) is 1. The Morgan fingerprint density at radius 2 is 1.79 bits per heavy atom. The van der Waals surface area contributed by atoms with Gasteiger partial charge in [-0.25, -0.2) is 4.79 Å². The van der Waals surface area contributed by atoms with E-state index in [9.17, 15) is 9.59 Å². The van der Waals surface area contributed by atoms with Gasteiger partial charge in [0.1, 0.15) is 5.75 Å². The molecule has 2 aromatic rings. The highest BCUT2D eigenvalue weighted by Gasteiger charge is 2.18. The Labute approximate surface area is 165 Å². The Bertz CT molecular complexity index is 856. The minimum absolute atomic E-state index is 0.305. The molecule has 0 heterocycles. The lowest BCUT2D eigenvalue weighted by Gasteiger charge is -2.16. The molecule has 0 spiro atoms. The fourth-order valence-electron chi connectivity index (χ4n) is 2.56. The van der Waals surface area contributed by atoms with Gasteiger partial charge in [-0.3, -0.25) is 4.79 Å². The Morgan fingerprint density at radius 1 is 1.11 bits per heavy atom. The first-order valence-electron chi connectivity index (χ1n) is 9.16. The highest BCUT2D eigenvalue weighted by molar-refractivity contribution is 5.93. The van der Waals surface area contributed by atoms with Gasteiger partial charge in [0.25, 0.3) is 5.91 Å². The minimum Gasteiger partial charge on any atom is -0.479 e. The summed E-state index contributed by atoms with van der Waals surface area (Å²) in [6, 6.07) is 16.0. The van der Waals surface area contributed by atoms with Crippen molar-refractivity contribution in [2.45, 2.75) is 39.2 Å². The van der Waals surface area contributed by atoms with Crippen molar-refractivity contribution in [2.24, 2.45) is 0 Å². The average molecular weight is 380 g/mol. The molecule has 6 nitrogen and oxygen atoms in total. The van der Waals surface area contributed by atoms with Gasteiger partial charge in [0.15, 0.2) is 12.7 Å². The van der Waals surface area contributed by atoms with Crippen LogP contribution in [0.4, 0.5) is 5.69 Å². The van der Waals surface area contributed by atoms with E-state index in [1.165, 1.54) is 6.92 Å². The van der Waals surface area contributed by atoms with Crippen LogP contribution in [0.5, 0.6) is 5.75 Å². The van der Waals surface area contributed by atoms with Crippen LogP contribution in [0, 0.1) is 11.3 Å². The molecule has 0 aliphatic rings.